The molecule has 92 valence electrons. The van der Waals surface area contributed by atoms with Crippen molar-refractivity contribution in [2.24, 2.45) is 0 Å². The second kappa shape index (κ2) is 9.39. The first-order chi connectivity index (χ1) is 7.93. The van der Waals surface area contributed by atoms with Crippen LogP contribution in [0.3, 0.4) is 0 Å². The summed E-state index contributed by atoms with van der Waals surface area (Å²) in [6, 6.07) is 1.97. The molecule has 4 nitrogen and oxygen atoms in total. The Labute approximate surface area is 96.9 Å². The Balaban J connectivity index is 1.78. The van der Waals surface area contributed by atoms with Crippen molar-refractivity contribution in [1.82, 2.24) is 5.32 Å². The summed E-state index contributed by atoms with van der Waals surface area (Å²) in [5.74, 6) is 0. The minimum absolute atomic E-state index is 0.679. The lowest BCUT2D eigenvalue weighted by Crippen LogP contribution is -2.15. The summed E-state index contributed by atoms with van der Waals surface area (Å²) in [4.78, 5) is 0. The summed E-state index contributed by atoms with van der Waals surface area (Å²) >= 11 is 0. The molecule has 0 unspecified atom stereocenters. The summed E-state index contributed by atoms with van der Waals surface area (Å²) in [5, 5.41) is 3.35. The second-order valence-electron chi connectivity index (χ2n) is 3.62. The van der Waals surface area contributed by atoms with Crippen molar-refractivity contribution in [1.29, 1.82) is 0 Å². The molecular formula is C12H21NO3. The third-order valence-electron chi connectivity index (χ3n) is 2.23. The molecule has 0 saturated heterocycles. The molecule has 0 radical (unpaired) electrons. The van der Waals surface area contributed by atoms with Crippen molar-refractivity contribution in [2.75, 3.05) is 33.5 Å². The zero-order chi connectivity index (χ0) is 11.5. The number of hydrogen-bond acceptors (Lipinski definition) is 4. The molecule has 1 rings (SSSR count). The van der Waals surface area contributed by atoms with Crippen LogP contribution in [0.5, 0.6) is 0 Å². The van der Waals surface area contributed by atoms with Gasteiger partial charge in [-0.25, -0.2) is 0 Å². The minimum Gasteiger partial charge on any atom is -0.472 e. The molecule has 0 fully saturated rings. The second-order valence-corrected chi connectivity index (χ2v) is 3.62. The monoisotopic (exact) mass is 227 g/mol. The van der Waals surface area contributed by atoms with Gasteiger partial charge < -0.3 is 19.2 Å². The lowest BCUT2D eigenvalue weighted by atomic mass is 10.3. The van der Waals surface area contributed by atoms with Crippen LogP contribution in [-0.4, -0.2) is 33.5 Å². The average Bonchev–Trinajstić information content (AvgIpc) is 2.80. The Kier molecular flexibility index (Phi) is 7.76. The van der Waals surface area contributed by atoms with Crippen molar-refractivity contribution in [3.05, 3.63) is 24.2 Å². The summed E-state index contributed by atoms with van der Waals surface area (Å²) in [6.07, 6.45) is 5.68. The predicted molar refractivity (Wildman–Crippen MR) is 62.3 cm³/mol. The van der Waals surface area contributed by atoms with Crippen LogP contribution in [0, 0.1) is 0 Å². The molecular weight excluding hydrogens is 206 g/mol. The Hall–Kier alpha value is -0.840. The van der Waals surface area contributed by atoms with E-state index in [0.717, 1.165) is 32.5 Å². The topological polar surface area (TPSA) is 43.6 Å². The third kappa shape index (κ3) is 6.61. The maximum atomic E-state index is 5.36. The van der Waals surface area contributed by atoms with Crippen molar-refractivity contribution >= 4 is 0 Å². The number of hydrogen-bond donors (Lipinski definition) is 1. The lowest BCUT2D eigenvalue weighted by molar-refractivity contribution is 0.0688. The maximum Gasteiger partial charge on any atom is 0.0947 e. The molecule has 1 aromatic rings. The van der Waals surface area contributed by atoms with Crippen LogP contribution >= 0.6 is 0 Å². The van der Waals surface area contributed by atoms with E-state index in [-0.39, 0.29) is 0 Å². The first-order valence-corrected chi connectivity index (χ1v) is 5.72. The Morgan fingerprint density at radius 2 is 2.19 bits per heavy atom. The molecule has 0 aromatic carbocycles. The highest BCUT2D eigenvalue weighted by molar-refractivity contribution is 5.04. The summed E-state index contributed by atoms with van der Waals surface area (Å²) < 4.78 is 15.2. The van der Waals surface area contributed by atoms with E-state index in [0.29, 0.717) is 13.2 Å². The number of methoxy groups -OCH3 is 1. The molecule has 1 aromatic heterocycles. The molecule has 0 bridgehead atoms. The van der Waals surface area contributed by atoms with E-state index in [2.05, 4.69) is 5.32 Å². The van der Waals surface area contributed by atoms with Gasteiger partial charge in [-0.05, 0) is 25.5 Å². The van der Waals surface area contributed by atoms with Gasteiger partial charge in [0.15, 0.2) is 0 Å². The molecule has 16 heavy (non-hydrogen) atoms. The Morgan fingerprint density at radius 1 is 1.25 bits per heavy atom. The molecule has 0 spiro atoms. The highest BCUT2D eigenvalue weighted by Crippen LogP contribution is 1.98. The third-order valence-corrected chi connectivity index (χ3v) is 2.23. The Bertz CT molecular complexity index is 236. The highest BCUT2D eigenvalue weighted by atomic mass is 16.5. The summed E-state index contributed by atoms with van der Waals surface area (Å²) in [5.41, 5.74) is 1.19. The predicted octanol–water partition coefficient (Wildman–Crippen LogP) is 1.81. The fourth-order valence-electron chi connectivity index (χ4n) is 1.32. The number of unbranched alkanes of at least 4 members (excludes halogenated alkanes) is 1. The average molecular weight is 227 g/mol. The van der Waals surface area contributed by atoms with E-state index < -0.39 is 0 Å². The molecule has 4 heteroatoms. The zero-order valence-corrected chi connectivity index (χ0v) is 9.91. The van der Waals surface area contributed by atoms with Crippen molar-refractivity contribution in [3.63, 3.8) is 0 Å². The van der Waals surface area contributed by atoms with Crippen LogP contribution in [0.2, 0.25) is 0 Å². The van der Waals surface area contributed by atoms with Crippen LogP contribution in [0.15, 0.2) is 23.0 Å². The first kappa shape index (κ1) is 13.2. The normalized spacial score (nSPS) is 10.8. The van der Waals surface area contributed by atoms with E-state index in [1.165, 1.54) is 5.56 Å². The van der Waals surface area contributed by atoms with Gasteiger partial charge in [-0.15, -0.1) is 0 Å². The van der Waals surface area contributed by atoms with Gasteiger partial charge in [0.25, 0.3) is 0 Å². The highest BCUT2D eigenvalue weighted by Gasteiger charge is 1.93. The van der Waals surface area contributed by atoms with Gasteiger partial charge in [-0.1, -0.05) is 0 Å². The van der Waals surface area contributed by atoms with E-state index in [1.54, 1.807) is 19.6 Å². The minimum atomic E-state index is 0.679. The van der Waals surface area contributed by atoms with E-state index >= 15 is 0 Å². The van der Waals surface area contributed by atoms with Crippen LogP contribution in [0.4, 0.5) is 0 Å². The van der Waals surface area contributed by atoms with Crippen LogP contribution in [-0.2, 0) is 16.0 Å². The van der Waals surface area contributed by atoms with Crippen molar-refractivity contribution in [2.45, 2.75) is 19.4 Å². The molecule has 0 atom stereocenters. The largest absolute Gasteiger partial charge is 0.472 e. The maximum absolute atomic E-state index is 5.36. The van der Waals surface area contributed by atoms with E-state index in [4.69, 9.17) is 13.9 Å². The molecule has 1 heterocycles. The summed E-state index contributed by atoms with van der Waals surface area (Å²) in [7, 11) is 1.68. The van der Waals surface area contributed by atoms with Crippen LogP contribution < -0.4 is 5.32 Å². The van der Waals surface area contributed by atoms with Gasteiger partial charge in [0.05, 0.1) is 25.7 Å². The van der Waals surface area contributed by atoms with E-state index in [9.17, 15) is 0 Å². The fourth-order valence-corrected chi connectivity index (χ4v) is 1.32. The molecule has 1 N–H and O–H groups in total. The number of nitrogens with one attached hydrogen (secondary N) is 1. The van der Waals surface area contributed by atoms with Gasteiger partial charge in [0, 0.05) is 25.8 Å². The SMILES string of the molecule is COCCOCCCCNCc1ccoc1. The Morgan fingerprint density at radius 3 is 2.94 bits per heavy atom. The quantitative estimate of drug-likeness (QED) is 0.619. The van der Waals surface area contributed by atoms with Gasteiger partial charge in [0.2, 0.25) is 0 Å². The number of furan rings is 1. The number of rotatable bonds is 10. The van der Waals surface area contributed by atoms with Crippen LogP contribution in [0.25, 0.3) is 0 Å². The van der Waals surface area contributed by atoms with Crippen molar-refractivity contribution in [3.8, 4) is 0 Å². The molecule has 0 aliphatic carbocycles. The molecule has 0 amide bonds. The smallest absolute Gasteiger partial charge is 0.0947 e. The van der Waals surface area contributed by atoms with Gasteiger partial charge in [-0.3, -0.25) is 0 Å². The van der Waals surface area contributed by atoms with Crippen LogP contribution in [0.1, 0.15) is 18.4 Å². The fraction of sp³-hybridized carbons (Fsp3) is 0.667. The van der Waals surface area contributed by atoms with Crippen molar-refractivity contribution < 1.29 is 13.9 Å². The molecule has 0 aliphatic heterocycles. The zero-order valence-electron chi connectivity index (χ0n) is 9.91. The van der Waals surface area contributed by atoms with Gasteiger partial charge >= 0.3 is 0 Å². The molecule has 0 aliphatic rings. The lowest BCUT2D eigenvalue weighted by Gasteiger charge is -2.04. The summed E-state index contributed by atoms with van der Waals surface area (Å²) in [6.45, 7) is 4.08. The first-order valence-electron chi connectivity index (χ1n) is 5.72. The van der Waals surface area contributed by atoms with Gasteiger partial charge in [-0.2, -0.15) is 0 Å². The van der Waals surface area contributed by atoms with E-state index in [1.807, 2.05) is 6.07 Å². The standard InChI is InChI=1S/C12H21NO3/c1-14-8-9-15-6-3-2-5-13-10-12-4-7-16-11-12/h4,7,11,13H,2-3,5-6,8-10H2,1H3. The number of ether oxygens (including phenoxy) is 2. The van der Waals surface area contributed by atoms with Gasteiger partial charge in [0.1, 0.15) is 0 Å². The molecule has 0 saturated carbocycles.